The third-order valence-corrected chi connectivity index (χ3v) is 4.41. The van der Waals surface area contributed by atoms with Crippen molar-refractivity contribution in [2.45, 2.75) is 53.1 Å². The molecule has 21 heavy (non-hydrogen) atoms. The van der Waals surface area contributed by atoms with Gasteiger partial charge < -0.3 is 15.8 Å². The van der Waals surface area contributed by atoms with Crippen molar-refractivity contribution >= 4 is 0 Å². The van der Waals surface area contributed by atoms with Crippen LogP contribution in [0.4, 0.5) is 0 Å². The molecule has 3 nitrogen and oxygen atoms in total. The summed E-state index contributed by atoms with van der Waals surface area (Å²) in [5, 5.41) is 3.26. The summed E-state index contributed by atoms with van der Waals surface area (Å²) in [4.78, 5) is 0. The van der Waals surface area contributed by atoms with E-state index in [-0.39, 0.29) is 6.10 Å². The monoisotopic (exact) mass is 294 g/mol. The second kappa shape index (κ2) is 10.6. The first-order chi connectivity index (χ1) is 9.94. The Morgan fingerprint density at radius 1 is 1.29 bits per heavy atom. The van der Waals surface area contributed by atoms with Gasteiger partial charge >= 0.3 is 0 Å². The zero-order chi connectivity index (χ0) is 16.4. The molecule has 2 unspecified atom stereocenters. The highest BCUT2D eigenvalue weighted by Gasteiger charge is 2.24. The average molecular weight is 294 g/mol. The highest BCUT2D eigenvalue weighted by molar-refractivity contribution is 5.29. The first kappa shape index (κ1) is 19.9. The molecule has 0 heterocycles. The van der Waals surface area contributed by atoms with E-state index in [9.17, 15) is 0 Å². The van der Waals surface area contributed by atoms with Crippen molar-refractivity contribution in [3.63, 3.8) is 0 Å². The smallest absolute Gasteiger partial charge is 0.0653 e. The molecule has 0 aliphatic rings. The molecule has 0 saturated carbocycles. The number of methoxy groups -OCH3 is 1. The van der Waals surface area contributed by atoms with E-state index in [0.717, 1.165) is 23.4 Å². The molecular weight excluding hydrogens is 260 g/mol. The molecule has 0 bridgehead atoms. The van der Waals surface area contributed by atoms with Crippen LogP contribution in [0, 0.1) is 11.8 Å². The van der Waals surface area contributed by atoms with E-state index in [1.807, 2.05) is 13.0 Å². The first-order valence-corrected chi connectivity index (χ1v) is 7.97. The standard InChI is InChI=1S/C18H34N2O/c1-8-16(9-2)14(5)18(21-7)11-13(4)20-15(6)17(10-3)12-19/h10,14,16,18,20H,4,6,8-9,11-12,19H2,1-3,5,7H3/b17-10-. The second-order valence-corrected chi connectivity index (χ2v) is 5.64. The van der Waals surface area contributed by atoms with Gasteiger partial charge in [-0.05, 0) is 24.3 Å². The highest BCUT2D eigenvalue weighted by Crippen LogP contribution is 2.27. The molecule has 122 valence electrons. The number of hydrogen-bond acceptors (Lipinski definition) is 3. The molecule has 0 saturated heterocycles. The predicted octanol–water partition coefficient (Wildman–Crippen LogP) is 3.99. The van der Waals surface area contributed by atoms with E-state index >= 15 is 0 Å². The molecule has 0 aromatic heterocycles. The van der Waals surface area contributed by atoms with E-state index in [0.29, 0.717) is 18.4 Å². The van der Waals surface area contributed by atoms with Crippen LogP contribution in [0.5, 0.6) is 0 Å². The van der Waals surface area contributed by atoms with Gasteiger partial charge in [-0.1, -0.05) is 52.8 Å². The lowest BCUT2D eigenvalue weighted by Gasteiger charge is -2.30. The van der Waals surface area contributed by atoms with Crippen molar-refractivity contribution in [2.75, 3.05) is 13.7 Å². The molecule has 0 fully saturated rings. The van der Waals surface area contributed by atoms with Gasteiger partial charge in [0.25, 0.3) is 0 Å². The normalized spacial score (nSPS) is 14.9. The van der Waals surface area contributed by atoms with Crippen LogP contribution in [0.3, 0.4) is 0 Å². The Labute approximate surface area is 131 Å². The molecule has 0 radical (unpaired) electrons. The molecule has 2 atom stereocenters. The number of nitrogens with two attached hydrogens (primary N) is 1. The van der Waals surface area contributed by atoms with Gasteiger partial charge in [0.2, 0.25) is 0 Å². The lowest BCUT2D eigenvalue weighted by atomic mass is 9.83. The number of allylic oxidation sites excluding steroid dienone is 1. The van der Waals surface area contributed by atoms with E-state index in [4.69, 9.17) is 10.5 Å². The van der Waals surface area contributed by atoms with Gasteiger partial charge in [0.05, 0.1) is 6.10 Å². The number of hydrogen-bond donors (Lipinski definition) is 2. The summed E-state index contributed by atoms with van der Waals surface area (Å²) in [6.07, 6.45) is 5.30. The van der Waals surface area contributed by atoms with Crippen LogP contribution < -0.4 is 11.1 Å². The van der Waals surface area contributed by atoms with Crippen LogP contribution in [0.25, 0.3) is 0 Å². The summed E-state index contributed by atoms with van der Waals surface area (Å²) in [5.41, 5.74) is 8.46. The van der Waals surface area contributed by atoms with Crippen molar-refractivity contribution in [3.8, 4) is 0 Å². The summed E-state index contributed by atoms with van der Waals surface area (Å²) in [6.45, 7) is 17.3. The van der Waals surface area contributed by atoms with Crippen LogP contribution in [-0.2, 0) is 4.74 Å². The van der Waals surface area contributed by atoms with Crippen molar-refractivity contribution in [3.05, 3.63) is 36.2 Å². The SMILES string of the molecule is C=C(CC(OC)C(C)C(CC)CC)NC(=C)/C(=C\C)CN. The summed E-state index contributed by atoms with van der Waals surface area (Å²) in [7, 11) is 1.78. The largest absolute Gasteiger partial charge is 0.381 e. The summed E-state index contributed by atoms with van der Waals surface area (Å²) in [5.74, 6) is 1.19. The Hall–Kier alpha value is -1.06. The maximum atomic E-state index is 5.69. The zero-order valence-corrected chi connectivity index (χ0v) is 14.5. The van der Waals surface area contributed by atoms with E-state index in [2.05, 4.69) is 39.2 Å². The minimum atomic E-state index is 0.176. The second-order valence-electron chi connectivity index (χ2n) is 5.64. The number of nitrogens with one attached hydrogen (secondary N) is 1. The summed E-state index contributed by atoms with van der Waals surface area (Å²) < 4.78 is 5.69. The molecule has 0 amide bonds. The van der Waals surface area contributed by atoms with Crippen LogP contribution in [0.15, 0.2) is 36.2 Å². The Morgan fingerprint density at radius 3 is 2.24 bits per heavy atom. The maximum Gasteiger partial charge on any atom is 0.0653 e. The predicted molar refractivity (Wildman–Crippen MR) is 92.9 cm³/mol. The first-order valence-electron chi connectivity index (χ1n) is 7.97. The zero-order valence-electron chi connectivity index (χ0n) is 14.5. The van der Waals surface area contributed by atoms with Gasteiger partial charge in [-0.25, -0.2) is 0 Å². The Morgan fingerprint density at radius 2 is 1.86 bits per heavy atom. The minimum absolute atomic E-state index is 0.176. The lowest BCUT2D eigenvalue weighted by molar-refractivity contribution is 0.0322. The van der Waals surface area contributed by atoms with Gasteiger partial charge in [0.1, 0.15) is 0 Å². The quantitative estimate of drug-likeness (QED) is 0.567. The van der Waals surface area contributed by atoms with Crippen LogP contribution in [-0.4, -0.2) is 19.8 Å². The van der Waals surface area contributed by atoms with Crippen molar-refractivity contribution in [1.82, 2.24) is 5.32 Å². The third kappa shape index (κ3) is 6.49. The van der Waals surface area contributed by atoms with Crippen LogP contribution in [0.1, 0.15) is 47.0 Å². The van der Waals surface area contributed by atoms with E-state index in [1.54, 1.807) is 7.11 Å². The lowest BCUT2D eigenvalue weighted by Crippen LogP contribution is -2.29. The fraction of sp³-hybridized carbons (Fsp3) is 0.667. The number of rotatable bonds is 11. The molecule has 0 aromatic rings. The van der Waals surface area contributed by atoms with Gasteiger partial charge in [0.15, 0.2) is 0 Å². The Bertz CT molecular complexity index is 356. The highest BCUT2D eigenvalue weighted by atomic mass is 16.5. The molecule has 3 N–H and O–H groups in total. The van der Waals surface area contributed by atoms with Crippen LogP contribution in [0.2, 0.25) is 0 Å². The van der Waals surface area contributed by atoms with Gasteiger partial charge in [-0.2, -0.15) is 0 Å². The maximum absolute atomic E-state index is 5.69. The van der Waals surface area contributed by atoms with Crippen molar-refractivity contribution in [1.29, 1.82) is 0 Å². The molecule has 3 heteroatoms. The third-order valence-electron chi connectivity index (χ3n) is 4.41. The summed E-state index contributed by atoms with van der Waals surface area (Å²) >= 11 is 0. The van der Waals surface area contributed by atoms with Crippen molar-refractivity contribution in [2.24, 2.45) is 17.6 Å². The Balaban J connectivity index is 4.62. The topological polar surface area (TPSA) is 47.3 Å². The molecule has 0 aromatic carbocycles. The van der Waals surface area contributed by atoms with Gasteiger partial charge in [-0.15, -0.1) is 0 Å². The molecule has 0 aliphatic carbocycles. The van der Waals surface area contributed by atoms with E-state index in [1.165, 1.54) is 12.8 Å². The van der Waals surface area contributed by atoms with Gasteiger partial charge in [-0.3, -0.25) is 0 Å². The van der Waals surface area contributed by atoms with Crippen LogP contribution >= 0.6 is 0 Å². The average Bonchev–Trinajstić information content (AvgIpc) is 2.47. The summed E-state index contributed by atoms with van der Waals surface area (Å²) in [6, 6.07) is 0. The fourth-order valence-electron chi connectivity index (χ4n) is 2.82. The van der Waals surface area contributed by atoms with Gasteiger partial charge in [0, 0.05) is 31.5 Å². The number of ether oxygens (including phenoxy) is 1. The molecule has 0 spiro atoms. The Kier molecular flexibility index (Phi) is 10.1. The molecule has 0 rings (SSSR count). The molecular formula is C18H34N2O. The molecule has 0 aliphatic heterocycles. The van der Waals surface area contributed by atoms with Crippen molar-refractivity contribution < 1.29 is 4.74 Å². The minimum Gasteiger partial charge on any atom is -0.381 e. The fourth-order valence-corrected chi connectivity index (χ4v) is 2.82. The van der Waals surface area contributed by atoms with E-state index < -0.39 is 0 Å².